The van der Waals surface area contributed by atoms with Gasteiger partial charge < -0.3 is 0 Å². The van der Waals surface area contributed by atoms with E-state index < -0.39 is 33.7 Å². The number of hydrogen-bond acceptors (Lipinski definition) is 1. The van der Waals surface area contributed by atoms with Gasteiger partial charge >= 0.3 is 6.18 Å². The van der Waals surface area contributed by atoms with Crippen molar-refractivity contribution in [3.8, 4) is 0 Å². The molecule has 1 aliphatic rings. The molecule has 15 heavy (non-hydrogen) atoms. The van der Waals surface area contributed by atoms with Crippen molar-refractivity contribution in [2.45, 2.75) is 20.0 Å². The summed E-state index contributed by atoms with van der Waals surface area (Å²) in [6, 6.07) is 0. The maximum absolute atomic E-state index is 12.1. The van der Waals surface area contributed by atoms with E-state index in [1.807, 2.05) is 0 Å². The Morgan fingerprint density at radius 2 is 1.80 bits per heavy atom. The SMILES string of the molecule is CC1(C)[C@H](C(=O)Cl)[C@@H]1C=C(Cl)C(F)(F)F. The first-order valence-corrected chi connectivity index (χ1v) is 4.98. The second kappa shape index (κ2) is 3.67. The first-order valence-electron chi connectivity index (χ1n) is 4.22. The van der Waals surface area contributed by atoms with Crippen LogP contribution < -0.4 is 0 Å². The van der Waals surface area contributed by atoms with Crippen LogP contribution in [0.1, 0.15) is 13.8 Å². The molecule has 0 aromatic heterocycles. The zero-order chi connectivity index (χ0) is 12.0. The van der Waals surface area contributed by atoms with Gasteiger partial charge in [0.15, 0.2) is 0 Å². The minimum absolute atomic E-state index is 0.531. The van der Waals surface area contributed by atoms with E-state index in [-0.39, 0.29) is 0 Å². The van der Waals surface area contributed by atoms with Crippen LogP contribution in [-0.4, -0.2) is 11.4 Å². The van der Waals surface area contributed by atoms with Crippen LogP contribution in [0.25, 0.3) is 0 Å². The Kier molecular flexibility index (Phi) is 3.14. The van der Waals surface area contributed by atoms with E-state index in [1.54, 1.807) is 13.8 Å². The van der Waals surface area contributed by atoms with Crippen LogP contribution >= 0.6 is 23.2 Å². The molecule has 1 nitrogen and oxygen atoms in total. The van der Waals surface area contributed by atoms with Gasteiger partial charge in [-0.05, 0) is 22.9 Å². The van der Waals surface area contributed by atoms with Gasteiger partial charge in [0.25, 0.3) is 0 Å². The van der Waals surface area contributed by atoms with Crippen LogP contribution in [-0.2, 0) is 4.79 Å². The molecule has 1 aliphatic carbocycles. The minimum atomic E-state index is -4.56. The van der Waals surface area contributed by atoms with E-state index in [9.17, 15) is 18.0 Å². The quantitative estimate of drug-likeness (QED) is 0.692. The van der Waals surface area contributed by atoms with Gasteiger partial charge in [-0.15, -0.1) is 0 Å². The number of allylic oxidation sites excluding steroid dienone is 2. The summed E-state index contributed by atoms with van der Waals surface area (Å²) in [5, 5.41) is -1.81. The summed E-state index contributed by atoms with van der Waals surface area (Å²) < 4.78 is 36.3. The van der Waals surface area contributed by atoms with Crippen molar-refractivity contribution in [2.24, 2.45) is 17.3 Å². The second-order valence-electron chi connectivity index (χ2n) is 4.14. The molecule has 0 N–H and O–H groups in total. The Labute approximate surface area is 95.2 Å². The molecule has 0 amide bonds. The summed E-state index contributed by atoms with van der Waals surface area (Å²) in [5.41, 5.74) is -0.537. The zero-order valence-electron chi connectivity index (χ0n) is 8.03. The predicted octanol–water partition coefficient (Wildman–Crippen LogP) is 3.71. The Morgan fingerprint density at radius 1 is 1.33 bits per heavy atom. The molecular formula is C9H9Cl2F3O. The maximum Gasteiger partial charge on any atom is 0.426 e. The van der Waals surface area contributed by atoms with E-state index in [2.05, 4.69) is 0 Å². The Morgan fingerprint density at radius 3 is 2.07 bits per heavy atom. The fraction of sp³-hybridized carbons (Fsp3) is 0.667. The molecule has 1 saturated carbocycles. The van der Waals surface area contributed by atoms with E-state index >= 15 is 0 Å². The van der Waals surface area contributed by atoms with Crippen molar-refractivity contribution in [3.63, 3.8) is 0 Å². The van der Waals surface area contributed by atoms with Crippen molar-refractivity contribution in [2.75, 3.05) is 0 Å². The van der Waals surface area contributed by atoms with Crippen LogP contribution in [0.5, 0.6) is 0 Å². The number of rotatable bonds is 2. The van der Waals surface area contributed by atoms with Gasteiger partial charge in [0.1, 0.15) is 5.03 Å². The molecule has 0 aromatic rings. The topological polar surface area (TPSA) is 17.1 Å². The van der Waals surface area contributed by atoms with Gasteiger partial charge in [-0.1, -0.05) is 31.5 Å². The third kappa shape index (κ3) is 2.48. The number of alkyl halides is 3. The fourth-order valence-corrected chi connectivity index (χ4v) is 2.23. The van der Waals surface area contributed by atoms with Crippen LogP contribution in [0.3, 0.4) is 0 Å². The molecule has 6 heteroatoms. The van der Waals surface area contributed by atoms with Gasteiger partial charge in [0.2, 0.25) is 5.24 Å². The van der Waals surface area contributed by atoms with Crippen molar-refractivity contribution in [3.05, 3.63) is 11.1 Å². The van der Waals surface area contributed by atoms with E-state index in [0.29, 0.717) is 0 Å². The third-order valence-electron chi connectivity index (χ3n) is 2.75. The summed E-state index contributed by atoms with van der Waals surface area (Å²) in [7, 11) is 0. The predicted molar refractivity (Wildman–Crippen MR) is 51.6 cm³/mol. The third-order valence-corrected chi connectivity index (χ3v) is 3.33. The fourth-order valence-electron chi connectivity index (χ4n) is 1.67. The number of carbonyl (C=O) groups is 1. The molecule has 1 rings (SSSR count). The first-order chi connectivity index (χ1) is 6.58. The highest BCUT2D eigenvalue weighted by atomic mass is 35.5. The lowest BCUT2D eigenvalue weighted by Crippen LogP contribution is -2.07. The highest BCUT2D eigenvalue weighted by molar-refractivity contribution is 6.64. The Bertz CT molecular complexity index is 320. The average Bonchev–Trinajstić information content (AvgIpc) is 2.50. The smallest absolute Gasteiger partial charge is 0.281 e. The van der Waals surface area contributed by atoms with E-state index in [4.69, 9.17) is 23.2 Å². The standard InChI is InChI=1S/C9H9Cl2F3O/c1-8(2)4(6(8)7(11)15)3-5(10)9(12,13)14/h3-4,6H,1-2H3/t4-,6-/m0/s1. The van der Waals surface area contributed by atoms with Crippen LogP contribution in [0.15, 0.2) is 11.1 Å². The number of halogens is 5. The molecule has 0 spiro atoms. The second-order valence-corrected chi connectivity index (χ2v) is 4.92. The molecule has 0 radical (unpaired) electrons. The molecular weight excluding hydrogens is 252 g/mol. The molecule has 1 fully saturated rings. The molecule has 0 aromatic carbocycles. The van der Waals surface area contributed by atoms with Gasteiger partial charge in [0, 0.05) is 5.92 Å². The number of carbonyl (C=O) groups excluding carboxylic acids is 1. The molecule has 0 aliphatic heterocycles. The van der Waals surface area contributed by atoms with E-state index in [0.717, 1.165) is 6.08 Å². The highest BCUT2D eigenvalue weighted by Crippen LogP contribution is 2.60. The van der Waals surface area contributed by atoms with Crippen LogP contribution in [0.4, 0.5) is 13.2 Å². The molecule has 0 heterocycles. The van der Waals surface area contributed by atoms with Gasteiger partial charge in [-0.2, -0.15) is 13.2 Å². The van der Waals surface area contributed by atoms with Gasteiger partial charge in [-0.3, -0.25) is 4.79 Å². The van der Waals surface area contributed by atoms with Gasteiger partial charge in [0.05, 0.1) is 0 Å². The van der Waals surface area contributed by atoms with Crippen molar-refractivity contribution in [1.82, 2.24) is 0 Å². The monoisotopic (exact) mass is 260 g/mol. The Hall–Kier alpha value is -0.220. The first kappa shape index (κ1) is 12.8. The zero-order valence-corrected chi connectivity index (χ0v) is 9.54. The molecule has 0 saturated heterocycles. The van der Waals surface area contributed by atoms with Crippen molar-refractivity contribution in [1.29, 1.82) is 0 Å². The minimum Gasteiger partial charge on any atom is -0.281 e. The highest BCUT2D eigenvalue weighted by Gasteiger charge is 2.60. The molecule has 86 valence electrons. The summed E-state index contributed by atoms with van der Waals surface area (Å²) in [4.78, 5) is 10.9. The lowest BCUT2D eigenvalue weighted by atomic mass is 10.1. The summed E-state index contributed by atoms with van der Waals surface area (Å²) in [5.74, 6) is -1.10. The summed E-state index contributed by atoms with van der Waals surface area (Å²) >= 11 is 10.3. The van der Waals surface area contributed by atoms with E-state index in [1.165, 1.54) is 0 Å². The Balaban J connectivity index is 2.83. The summed E-state index contributed by atoms with van der Waals surface area (Å²) in [6.07, 6.45) is -3.69. The normalized spacial score (nSPS) is 30.2. The average molecular weight is 261 g/mol. The maximum atomic E-state index is 12.1. The van der Waals surface area contributed by atoms with Crippen LogP contribution in [0.2, 0.25) is 0 Å². The van der Waals surface area contributed by atoms with Gasteiger partial charge in [-0.25, -0.2) is 0 Å². The largest absolute Gasteiger partial charge is 0.426 e. The molecule has 0 unspecified atom stereocenters. The van der Waals surface area contributed by atoms with Crippen LogP contribution in [0, 0.1) is 17.3 Å². The molecule has 0 bridgehead atoms. The number of hydrogen-bond donors (Lipinski definition) is 0. The van der Waals surface area contributed by atoms with Crippen molar-refractivity contribution < 1.29 is 18.0 Å². The summed E-state index contributed by atoms with van der Waals surface area (Å²) in [6.45, 7) is 3.36. The lowest BCUT2D eigenvalue weighted by Gasteiger charge is -2.04. The molecule has 2 atom stereocenters. The lowest BCUT2D eigenvalue weighted by molar-refractivity contribution is -0.113. The van der Waals surface area contributed by atoms with Crippen molar-refractivity contribution >= 4 is 28.4 Å².